The molecule has 1 atom stereocenters. The molecule has 2 N–H and O–H groups in total. The second-order valence-corrected chi connectivity index (χ2v) is 9.81. The highest BCUT2D eigenvalue weighted by atomic mass is 16.7. The molecule has 0 radical (unpaired) electrons. The number of ether oxygens (including phenoxy) is 1. The number of hydroxylamine groups is 1. The predicted octanol–water partition coefficient (Wildman–Crippen LogP) is 5.12. The molecular weight excluding hydrogens is 418 g/mol. The van der Waals surface area contributed by atoms with Gasteiger partial charge in [-0.3, -0.25) is 9.63 Å². The third kappa shape index (κ3) is 4.20. The molecule has 1 fully saturated rings. The lowest BCUT2D eigenvalue weighted by Gasteiger charge is -2.34. The molecule has 3 aromatic rings. The van der Waals surface area contributed by atoms with Crippen molar-refractivity contribution in [2.24, 2.45) is 0 Å². The molecule has 1 aromatic heterocycles. The lowest BCUT2D eigenvalue weighted by atomic mass is 9.90. The van der Waals surface area contributed by atoms with Crippen LogP contribution in [0.2, 0.25) is 0 Å². The van der Waals surface area contributed by atoms with Crippen molar-refractivity contribution in [2.75, 3.05) is 13.1 Å². The monoisotopic (exact) mass is 447 g/mol. The van der Waals surface area contributed by atoms with Crippen molar-refractivity contribution in [3.05, 3.63) is 59.2 Å². The molecule has 172 valence electrons. The van der Waals surface area contributed by atoms with Crippen LogP contribution in [0.5, 0.6) is 0 Å². The Balaban J connectivity index is 1.40. The van der Waals surface area contributed by atoms with E-state index in [9.17, 15) is 9.59 Å². The number of hydrogen-bond acceptors (Lipinski definition) is 4. The van der Waals surface area contributed by atoms with Gasteiger partial charge in [0, 0.05) is 35.5 Å². The van der Waals surface area contributed by atoms with Gasteiger partial charge in [0.15, 0.2) is 0 Å². The molecule has 0 aliphatic carbocycles. The summed E-state index contributed by atoms with van der Waals surface area (Å²) in [5.74, 6) is 0.0495. The van der Waals surface area contributed by atoms with Crippen molar-refractivity contribution in [3.63, 3.8) is 0 Å². The Labute approximate surface area is 193 Å². The summed E-state index contributed by atoms with van der Waals surface area (Å²) < 4.78 is 5.57. The summed E-state index contributed by atoms with van der Waals surface area (Å²) in [4.78, 5) is 35.6. The van der Waals surface area contributed by atoms with Crippen LogP contribution < -0.4 is 5.48 Å². The maximum absolute atomic E-state index is 12.5. The van der Waals surface area contributed by atoms with Gasteiger partial charge < -0.3 is 14.6 Å². The molecule has 0 spiro atoms. The average molecular weight is 448 g/mol. The molecule has 3 heterocycles. The van der Waals surface area contributed by atoms with E-state index >= 15 is 0 Å². The van der Waals surface area contributed by atoms with Crippen LogP contribution in [0.1, 0.15) is 61.0 Å². The van der Waals surface area contributed by atoms with Crippen molar-refractivity contribution in [3.8, 4) is 11.3 Å². The number of rotatable bonds is 2. The SMILES string of the molecule is CC(C)(C)OC(=O)N1CCC[C@H](c2ccc(-c3[nH]c4cccc5c4c3CONC5=O)cc2)C1. The number of benzene rings is 2. The number of aromatic nitrogens is 1. The van der Waals surface area contributed by atoms with Gasteiger partial charge in [0.2, 0.25) is 0 Å². The summed E-state index contributed by atoms with van der Waals surface area (Å²) in [6, 6.07) is 14.1. The largest absolute Gasteiger partial charge is 0.444 e. The van der Waals surface area contributed by atoms with Crippen LogP contribution in [0.25, 0.3) is 22.2 Å². The highest BCUT2D eigenvalue weighted by molar-refractivity contribution is 6.09. The third-order valence-electron chi connectivity index (χ3n) is 6.30. The number of carbonyl (C=O) groups is 2. The first kappa shape index (κ1) is 21.5. The van der Waals surface area contributed by atoms with Crippen LogP contribution in [-0.2, 0) is 16.2 Å². The molecule has 2 amide bonds. The molecule has 2 aromatic carbocycles. The molecule has 33 heavy (non-hydrogen) atoms. The fourth-order valence-corrected chi connectivity index (χ4v) is 4.79. The van der Waals surface area contributed by atoms with Gasteiger partial charge in [0.25, 0.3) is 5.91 Å². The van der Waals surface area contributed by atoms with Gasteiger partial charge in [-0.25, -0.2) is 10.3 Å². The number of aromatic amines is 1. The van der Waals surface area contributed by atoms with Gasteiger partial charge >= 0.3 is 6.09 Å². The van der Waals surface area contributed by atoms with E-state index in [0.717, 1.165) is 47.1 Å². The van der Waals surface area contributed by atoms with Crippen LogP contribution in [0, 0.1) is 0 Å². The van der Waals surface area contributed by atoms with E-state index in [4.69, 9.17) is 9.57 Å². The fourth-order valence-electron chi connectivity index (χ4n) is 4.79. The Bertz CT molecular complexity index is 1210. The van der Waals surface area contributed by atoms with Crippen LogP contribution in [-0.4, -0.2) is 40.6 Å². The van der Waals surface area contributed by atoms with E-state index in [1.807, 2.05) is 43.9 Å². The molecule has 2 aliphatic heterocycles. The van der Waals surface area contributed by atoms with Crippen LogP contribution in [0.15, 0.2) is 42.5 Å². The van der Waals surface area contributed by atoms with E-state index < -0.39 is 5.60 Å². The standard InChI is InChI=1S/C26H29N3O4/c1-26(2,3)33-25(31)29-13-5-6-18(14-29)16-9-11-17(12-10-16)23-20-15-32-28-24(30)19-7-4-8-21(27-23)22(19)20/h4,7-12,18,27H,5-6,13-15H2,1-3H3,(H,28,30)/t18-/m0/s1. The zero-order chi connectivity index (χ0) is 23.2. The van der Waals surface area contributed by atoms with Crippen molar-refractivity contribution < 1.29 is 19.2 Å². The van der Waals surface area contributed by atoms with Gasteiger partial charge in [-0.05, 0) is 56.9 Å². The maximum atomic E-state index is 12.5. The van der Waals surface area contributed by atoms with Crippen LogP contribution in [0.4, 0.5) is 4.79 Å². The van der Waals surface area contributed by atoms with E-state index in [0.29, 0.717) is 18.7 Å². The van der Waals surface area contributed by atoms with Gasteiger partial charge in [-0.15, -0.1) is 0 Å². The molecule has 1 saturated heterocycles. The minimum atomic E-state index is -0.492. The molecule has 2 aliphatic rings. The zero-order valence-electron chi connectivity index (χ0n) is 19.2. The molecule has 0 saturated carbocycles. The number of carbonyl (C=O) groups excluding carboxylic acids is 2. The number of piperidine rings is 1. The number of H-pyrrole nitrogens is 1. The minimum absolute atomic E-state index is 0.230. The van der Waals surface area contributed by atoms with Gasteiger partial charge in [0.05, 0.1) is 11.3 Å². The maximum Gasteiger partial charge on any atom is 0.410 e. The topological polar surface area (TPSA) is 83.7 Å². The lowest BCUT2D eigenvalue weighted by molar-refractivity contribution is 0.0198. The van der Waals surface area contributed by atoms with Crippen molar-refractivity contribution >= 4 is 22.9 Å². The Morgan fingerprint density at radius 3 is 2.70 bits per heavy atom. The van der Waals surface area contributed by atoms with Crippen LogP contribution >= 0.6 is 0 Å². The van der Waals surface area contributed by atoms with Crippen molar-refractivity contribution in [1.29, 1.82) is 0 Å². The van der Waals surface area contributed by atoms with E-state index in [1.54, 1.807) is 0 Å². The summed E-state index contributed by atoms with van der Waals surface area (Å²) in [6.07, 6.45) is 1.76. The predicted molar refractivity (Wildman–Crippen MR) is 126 cm³/mol. The Kier molecular flexibility index (Phi) is 5.37. The molecule has 7 nitrogen and oxygen atoms in total. The Morgan fingerprint density at radius 2 is 1.94 bits per heavy atom. The van der Waals surface area contributed by atoms with E-state index in [1.165, 1.54) is 5.56 Å². The summed E-state index contributed by atoms with van der Waals surface area (Å²) >= 11 is 0. The third-order valence-corrected chi connectivity index (χ3v) is 6.30. The summed E-state index contributed by atoms with van der Waals surface area (Å²) in [6.45, 7) is 7.38. The first-order chi connectivity index (χ1) is 15.8. The zero-order valence-corrected chi connectivity index (χ0v) is 19.2. The fraction of sp³-hybridized carbons (Fsp3) is 0.385. The Morgan fingerprint density at radius 1 is 1.15 bits per heavy atom. The van der Waals surface area contributed by atoms with E-state index in [-0.39, 0.29) is 17.9 Å². The Hall–Kier alpha value is -3.32. The normalized spacial score (nSPS) is 18.7. The highest BCUT2D eigenvalue weighted by Gasteiger charge is 2.28. The molecular formula is C26H29N3O4. The summed E-state index contributed by atoms with van der Waals surface area (Å²) in [5.41, 5.74) is 7.72. The molecule has 5 rings (SSSR count). The molecule has 0 bridgehead atoms. The number of amides is 2. The number of nitrogens with zero attached hydrogens (tertiary/aromatic N) is 1. The number of hydrogen-bond donors (Lipinski definition) is 2. The second kappa shape index (κ2) is 8.23. The number of nitrogens with one attached hydrogen (secondary N) is 2. The highest BCUT2D eigenvalue weighted by Crippen LogP contribution is 2.35. The quantitative estimate of drug-likeness (QED) is 0.571. The van der Waals surface area contributed by atoms with E-state index in [2.05, 4.69) is 34.7 Å². The summed E-state index contributed by atoms with van der Waals surface area (Å²) in [7, 11) is 0. The van der Waals surface area contributed by atoms with Crippen molar-refractivity contribution in [2.45, 2.75) is 51.7 Å². The van der Waals surface area contributed by atoms with Gasteiger partial charge in [-0.1, -0.05) is 30.3 Å². The van der Waals surface area contributed by atoms with Crippen molar-refractivity contribution in [1.82, 2.24) is 15.4 Å². The lowest BCUT2D eigenvalue weighted by Crippen LogP contribution is -2.42. The smallest absolute Gasteiger partial charge is 0.410 e. The number of likely N-dealkylation sites (tertiary alicyclic amines) is 1. The van der Waals surface area contributed by atoms with Gasteiger partial charge in [0.1, 0.15) is 12.2 Å². The summed E-state index contributed by atoms with van der Waals surface area (Å²) in [5, 5.41) is 0.909. The average Bonchev–Trinajstić information content (AvgIpc) is 3.07. The molecule has 0 unspecified atom stereocenters. The second-order valence-electron chi connectivity index (χ2n) is 9.81. The first-order valence-electron chi connectivity index (χ1n) is 11.4. The van der Waals surface area contributed by atoms with Gasteiger partial charge in [-0.2, -0.15) is 0 Å². The first-order valence-corrected chi connectivity index (χ1v) is 11.4. The molecule has 7 heteroatoms. The minimum Gasteiger partial charge on any atom is -0.444 e. The van der Waals surface area contributed by atoms with Crippen LogP contribution in [0.3, 0.4) is 0 Å².